The topological polar surface area (TPSA) is 65.1 Å². The Bertz CT molecular complexity index is 907. The average molecular weight is 443 g/mol. The minimum absolute atomic E-state index is 0.0213. The van der Waals surface area contributed by atoms with Crippen molar-refractivity contribution in [2.45, 2.75) is 0 Å². The second-order valence-electron chi connectivity index (χ2n) is 7.77. The number of ether oxygens (including phenoxy) is 1. The van der Waals surface area contributed by atoms with Crippen molar-refractivity contribution in [3.05, 3.63) is 59.1 Å². The van der Waals surface area contributed by atoms with Crippen LogP contribution in [0.1, 0.15) is 10.4 Å². The van der Waals surface area contributed by atoms with Crippen LogP contribution in [-0.4, -0.2) is 80.6 Å². The van der Waals surface area contributed by atoms with Crippen LogP contribution < -0.4 is 10.2 Å². The Kier molecular flexibility index (Phi) is 7.06. The summed E-state index contributed by atoms with van der Waals surface area (Å²) in [5.41, 5.74) is 2.53. The Morgan fingerprint density at radius 1 is 0.935 bits per heavy atom. The fourth-order valence-electron chi connectivity index (χ4n) is 3.89. The van der Waals surface area contributed by atoms with Crippen LogP contribution in [0.15, 0.2) is 48.5 Å². The predicted octanol–water partition coefficient (Wildman–Crippen LogP) is 2.57. The first-order valence-electron chi connectivity index (χ1n) is 10.6. The van der Waals surface area contributed by atoms with Crippen LogP contribution in [0.4, 0.5) is 11.4 Å². The summed E-state index contributed by atoms with van der Waals surface area (Å²) in [6, 6.07) is 14.9. The zero-order valence-electron chi connectivity index (χ0n) is 17.4. The average Bonchev–Trinajstić information content (AvgIpc) is 2.80. The van der Waals surface area contributed by atoms with Gasteiger partial charge in [-0.2, -0.15) is 0 Å². The molecule has 8 heteroatoms. The third-order valence-corrected chi connectivity index (χ3v) is 5.86. The molecule has 2 amide bonds. The summed E-state index contributed by atoms with van der Waals surface area (Å²) in [5.74, 6) is -0.0688. The van der Waals surface area contributed by atoms with Crippen molar-refractivity contribution < 1.29 is 14.3 Å². The van der Waals surface area contributed by atoms with Gasteiger partial charge in [-0.1, -0.05) is 17.7 Å². The zero-order chi connectivity index (χ0) is 21.6. The van der Waals surface area contributed by atoms with E-state index in [2.05, 4.69) is 15.1 Å². The van der Waals surface area contributed by atoms with Gasteiger partial charge >= 0.3 is 0 Å². The van der Waals surface area contributed by atoms with Gasteiger partial charge in [0.2, 0.25) is 5.91 Å². The molecule has 0 saturated carbocycles. The van der Waals surface area contributed by atoms with E-state index in [1.165, 1.54) is 0 Å². The standard InChI is InChI=1S/C23H27ClN4O3/c24-19-3-1-2-18(16-19)23(30)28-10-8-26(9-11-28)17-22(29)25-20-4-6-21(7-5-20)27-12-14-31-15-13-27/h1-7,16H,8-15,17H2,(H,25,29). The van der Waals surface area contributed by atoms with Crippen molar-refractivity contribution in [1.29, 1.82) is 0 Å². The molecule has 2 heterocycles. The van der Waals surface area contributed by atoms with Gasteiger partial charge in [0.15, 0.2) is 0 Å². The van der Waals surface area contributed by atoms with Crippen molar-refractivity contribution >= 4 is 34.8 Å². The van der Waals surface area contributed by atoms with Gasteiger partial charge in [-0.05, 0) is 42.5 Å². The molecule has 164 valence electrons. The van der Waals surface area contributed by atoms with Crippen molar-refractivity contribution in [2.24, 2.45) is 0 Å². The highest BCUT2D eigenvalue weighted by Crippen LogP contribution is 2.19. The third-order valence-electron chi connectivity index (χ3n) is 5.63. The smallest absolute Gasteiger partial charge is 0.253 e. The van der Waals surface area contributed by atoms with E-state index in [9.17, 15) is 9.59 Å². The molecule has 31 heavy (non-hydrogen) atoms. The number of piperazine rings is 1. The van der Waals surface area contributed by atoms with Gasteiger partial charge in [-0.3, -0.25) is 14.5 Å². The van der Waals surface area contributed by atoms with Gasteiger partial charge in [0.05, 0.1) is 19.8 Å². The minimum atomic E-state index is -0.0475. The van der Waals surface area contributed by atoms with Crippen LogP contribution in [0.5, 0.6) is 0 Å². The molecule has 0 bridgehead atoms. The lowest BCUT2D eigenvalue weighted by Gasteiger charge is -2.34. The Hall–Kier alpha value is -2.61. The molecule has 1 N–H and O–H groups in total. The third kappa shape index (κ3) is 5.76. The van der Waals surface area contributed by atoms with Crippen LogP contribution in [0.25, 0.3) is 0 Å². The SMILES string of the molecule is O=C(CN1CCN(C(=O)c2cccc(Cl)c2)CC1)Nc1ccc(N2CCOCC2)cc1. The predicted molar refractivity (Wildman–Crippen MR) is 122 cm³/mol. The van der Waals surface area contributed by atoms with E-state index < -0.39 is 0 Å². The van der Waals surface area contributed by atoms with Crippen LogP contribution in [-0.2, 0) is 9.53 Å². The first-order valence-corrected chi connectivity index (χ1v) is 11.0. The number of carbonyl (C=O) groups excluding carboxylic acids is 2. The lowest BCUT2D eigenvalue weighted by Crippen LogP contribution is -2.50. The van der Waals surface area contributed by atoms with Gasteiger partial charge in [-0.15, -0.1) is 0 Å². The molecule has 2 aromatic rings. The lowest BCUT2D eigenvalue weighted by atomic mass is 10.2. The summed E-state index contributed by atoms with van der Waals surface area (Å²) >= 11 is 5.99. The van der Waals surface area contributed by atoms with Crippen LogP contribution in [0, 0.1) is 0 Å². The van der Waals surface area contributed by atoms with Gasteiger partial charge < -0.3 is 19.9 Å². The molecule has 7 nitrogen and oxygen atoms in total. The van der Waals surface area contributed by atoms with Crippen molar-refractivity contribution in [3.8, 4) is 0 Å². The number of benzene rings is 2. The molecule has 2 fully saturated rings. The number of anilines is 2. The Balaban J connectivity index is 1.23. The monoisotopic (exact) mass is 442 g/mol. The van der Waals surface area contributed by atoms with Crippen LogP contribution in [0.3, 0.4) is 0 Å². The van der Waals surface area contributed by atoms with E-state index in [-0.39, 0.29) is 11.8 Å². The second kappa shape index (κ2) is 10.1. The number of hydrogen-bond acceptors (Lipinski definition) is 5. The Morgan fingerprint density at radius 3 is 2.32 bits per heavy atom. The van der Waals surface area contributed by atoms with E-state index in [1.807, 2.05) is 29.2 Å². The summed E-state index contributed by atoms with van der Waals surface area (Å²) in [7, 11) is 0. The summed E-state index contributed by atoms with van der Waals surface area (Å²) < 4.78 is 5.39. The number of hydrogen-bond donors (Lipinski definition) is 1. The van der Waals surface area contributed by atoms with Gasteiger partial charge in [0, 0.05) is 61.2 Å². The van der Waals surface area contributed by atoms with Crippen molar-refractivity contribution in [2.75, 3.05) is 69.2 Å². The maximum Gasteiger partial charge on any atom is 0.253 e. The summed E-state index contributed by atoms with van der Waals surface area (Å²) in [5, 5.41) is 3.52. The molecule has 0 radical (unpaired) electrons. The maximum absolute atomic E-state index is 12.6. The maximum atomic E-state index is 12.6. The summed E-state index contributed by atoms with van der Waals surface area (Å²) in [4.78, 5) is 31.2. The van der Waals surface area contributed by atoms with Gasteiger partial charge in [-0.25, -0.2) is 0 Å². The largest absolute Gasteiger partial charge is 0.378 e. The minimum Gasteiger partial charge on any atom is -0.378 e. The lowest BCUT2D eigenvalue weighted by molar-refractivity contribution is -0.117. The number of nitrogens with zero attached hydrogens (tertiary/aromatic N) is 3. The first kappa shape index (κ1) is 21.6. The second-order valence-corrected chi connectivity index (χ2v) is 8.21. The first-order chi connectivity index (χ1) is 15.1. The van der Waals surface area contributed by atoms with Crippen molar-refractivity contribution in [1.82, 2.24) is 9.80 Å². The number of rotatable bonds is 5. The van der Waals surface area contributed by atoms with E-state index in [0.29, 0.717) is 43.3 Å². The number of morpholine rings is 1. The van der Waals surface area contributed by atoms with Gasteiger partial charge in [0.1, 0.15) is 0 Å². The van der Waals surface area contributed by atoms with Crippen molar-refractivity contribution in [3.63, 3.8) is 0 Å². The number of nitrogens with one attached hydrogen (secondary N) is 1. The summed E-state index contributed by atoms with van der Waals surface area (Å²) in [6.07, 6.45) is 0. The molecular weight excluding hydrogens is 416 g/mol. The highest BCUT2D eigenvalue weighted by Gasteiger charge is 2.23. The number of halogens is 1. The fourth-order valence-corrected chi connectivity index (χ4v) is 4.08. The molecule has 0 atom stereocenters. The normalized spacial score (nSPS) is 17.5. The fraction of sp³-hybridized carbons (Fsp3) is 0.391. The molecule has 2 aromatic carbocycles. The Morgan fingerprint density at radius 2 is 1.65 bits per heavy atom. The Labute approximate surface area is 187 Å². The molecule has 2 saturated heterocycles. The molecule has 0 unspecified atom stereocenters. The molecule has 2 aliphatic rings. The van der Waals surface area contributed by atoms with Crippen LogP contribution in [0.2, 0.25) is 5.02 Å². The molecule has 4 rings (SSSR count). The quantitative estimate of drug-likeness (QED) is 0.771. The van der Waals surface area contributed by atoms with E-state index in [4.69, 9.17) is 16.3 Å². The van der Waals surface area contributed by atoms with E-state index in [0.717, 1.165) is 37.7 Å². The highest BCUT2D eigenvalue weighted by molar-refractivity contribution is 6.30. The number of amides is 2. The number of carbonyl (C=O) groups is 2. The molecule has 0 aliphatic carbocycles. The summed E-state index contributed by atoms with van der Waals surface area (Å²) in [6.45, 7) is 6.08. The van der Waals surface area contributed by atoms with Gasteiger partial charge in [0.25, 0.3) is 5.91 Å². The zero-order valence-corrected chi connectivity index (χ0v) is 18.2. The molecule has 2 aliphatic heterocycles. The van der Waals surface area contributed by atoms with E-state index in [1.54, 1.807) is 24.3 Å². The highest BCUT2D eigenvalue weighted by atomic mass is 35.5. The van der Waals surface area contributed by atoms with Crippen LogP contribution >= 0.6 is 11.6 Å². The molecule has 0 spiro atoms. The molecular formula is C23H27ClN4O3. The molecule has 0 aromatic heterocycles. The van der Waals surface area contributed by atoms with E-state index >= 15 is 0 Å².